The fourth-order valence-corrected chi connectivity index (χ4v) is 4.53. The molecule has 2 aromatic carbocycles. The van der Waals surface area contributed by atoms with Gasteiger partial charge in [-0.25, -0.2) is 0 Å². The molecule has 4 rings (SSSR count). The Morgan fingerprint density at radius 3 is 2.48 bits per heavy atom. The molecule has 1 atom stereocenters. The predicted molar refractivity (Wildman–Crippen MR) is 109 cm³/mol. The number of β-amino-alcohol motifs (C(OH)–C–C–N with tert-alkyl or cyclic N) is 1. The average Bonchev–Trinajstić information content (AvgIpc) is 2.73. The molecule has 2 aromatic rings. The summed E-state index contributed by atoms with van der Waals surface area (Å²) >= 11 is 0. The van der Waals surface area contributed by atoms with Crippen LogP contribution < -0.4 is 4.74 Å². The van der Waals surface area contributed by atoms with Crippen molar-refractivity contribution in [2.45, 2.75) is 57.1 Å². The van der Waals surface area contributed by atoms with E-state index in [1.165, 1.54) is 48.8 Å². The smallest absolute Gasteiger partial charge is 0.119 e. The molecule has 2 aliphatic rings. The number of hydrogen-bond donors (Lipinski definition) is 1. The van der Waals surface area contributed by atoms with E-state index in [1.807, 2.05) is 0 Å². The van der Waals surface area contributed by atoms with Gasteiger partial charge in [0.2, 0.25) is 0 Å². The van der Waals surface area contributed by atoms with Crippen molar-refractivity contribution in [3.63, 3.8) is 0 Å². The zero-order valence-electron chi connectivity index (χ0n) is 16.1. The SMILES string of the molecule is OC(COc1ccc(C2CCCCC2)cc1)CN1CCc2ccccc2C1. The maximum Gasteiger partial charge on any atom is 0.119 e. The first-order valence-electron chi connectivity index (χ1n) is 10.5. The highest BCUT2D eigenvalue weighted by atomic mass is 16.5. The third-order valence-corrected chi connectivity index (χ3v) is 6.08. The lowest BCUT2D eigenvalue weighted by molar-refractivity contribution is 0.0638. The third kappa shape index (κ3) is 4.91. The Balaban J connectivity index is 1.24. The first-order chi connectivity index (χ1) is 13.3. The molecule has 1 unspecified atom stereocenters. The number of benzene rings is 2. The van der Waals surface area contributed by atoms with E-state index >= 15 is 0 Å². The molecular weight excluding hydrogens is 334 g/mol. The molecule has 27 heavy (non-hydrogen) atoms. The van der Waals surface area contributed by atoms with Gasteiger partial charge in [0.15, 0.2) is 0 Å². The Labute approximate surface area is 163 Å². The molecule has 1 aliphatic carbocycles. The second-order valence-electron chi connectivity index (χ2n) is 8.12. The standard InChI is InChI=1S/C24H31NO2/c26-23(17-25-15-14-20-8-4-5-9-22(20)16-25)18-27-24-12-10-21(11-13-24)19-6-2-1-3-7-19/h4-5,8-13,19,23,26H,1-3,6-7,14-18H2. The van der Waals surface area contributed by atoms with Crippen LogP contribution in [0.3, 0.4) is 0 Å². The highest BCUT2D eigenvalue weighted by Crippen LogP contribution is 2.33. The molecule has 144 valence electrons. The van der Waals surface area contributed by atoms with E-state index in [0.29, 0.717) is 13.2 Å². The Kier molecular flexibility index (Phi) is 6.10. The lowest BCUT2D eigenvalue weighted by Gasteiger charge is -2.30. The largest absolute Gasteiger partial charge is 0.491 e. The molecule has 0 aromatic heterocycles. The van der Waals surface area contributed by atoms with Crippen LogP contribution in [0, 0.1) is 0 Å². The Bertz CT molecular complexity index is 721. The Morgan fingerprint density at radius 1 is 0.963 bits per heavy atom. The highest BCUT2D eigenvalue weighted by Gasteiger charge is 2.19. The van der Waals surface area contributed by atoms with Crippen molar-refractivity contribution in [2.24, 2.45) is 0 Å². The van der Waals surface area contributed by atoms with Gasteiger partial charge in [-0.3, -0.25) is 4.90 Å². The Morgan fingerprint density at radius 2 is 1.70 bits per heavy atom. The molecule has 0 bridgehead atoms. The minimum Gasteiger partial charge on any atom is -0.491 e. The van der Waals surface area contributed by atoms with Crippen molar-refractivity contribution in [2.75, 3.05) is 19.7 Å². The highest BCUT2D eigenvalue weighted by molar-refractivity contribution is 5.30. The van der Waals surface area contributed by atoms with Crippen LogP contribution in [-0.4, -0.2) is 35.8 Å². The van der Waals surface area contributed by atoms with Gasteiger partial charge in [0.25, 0.3) is 0 Å². The van der Waals surface area contributed by atoms with Crippen LogP contribution in [0.25, 0.3) is 0 Å². The molecular formula is C24H31NO2. The fourth-order valence-electron chi connectivity index (χ4n) is 4.53. The van der Waals surface area contributed by atoms with Crippen LogP contribution in [0.1, 0.15) is 54.7 Å². The van der Waals surface area contributed by atoms with Gasteiger partial charge in [0.05, 0.1) is 0 Å². The van der Waals surface area contributed by atoms with E-state index in [2.05, 4.69) is 53.4 Å². The second-order valence-corrected chi connectivity index (χ2v) is 8.12. The summed E-state index contributed by atoms with van der Waals surface area (Å²) in [5.41, 5.74) is 4.27. The van der Waals surface area contributed by atoms with Gasteiger partial charge in [0.1, 0.15) is 18.5 Å². The van der Waals surface area contributed by atoms with Crippen LogP contribution in [-0.2, 0) is 13.0 Å². The maximum absolute atomic E-state index is 10.4. The van der Waals surface area contributed by atoms with Crippen molar-refractivity contribution in [1.29, 1.82) is 0 Å². The first-order valence-corrected chi connectivity index (χ1v) is 10.5. The van der Waals surface area contributed by atoms with E-state index in [1.54, 1.807) is 0 Å². The van der Waals surface area contributed by atoms with Crippen molar-refractivity contribution in [1.82, 2.24) is 4.90 Å². The molecule has 1 heterocycles. The van der Waals surface area contributed by atoms with Crippen LogP contribution in [0.2, 0.25) is 0 Å². The van der Waals surface area contributed by atoms with Crippen LogP contribution >= 0.6 is 0 Å². The fraction of sp³-hybridized carbons (Fsp3) is 0.500. The van der Waals surface area contributed by atoms with Gasteiger partial charge >= 0.3 is 0 Å². The van der Waals surface area contributed by atoms with Gasteiger partial charge in [-0.2, -0.15) is 0 Å². The van der Waals surface area contributed by atoms with E-state index in [-0.39, 0.29) is 0 Å². The molecule has 0 radical (unpaired) electrons. The van der Waals surface area contributed by atoms with Crippen molar-refractivity contribution < 1.29 is 9.84 Å². The van der Waals surface area contributed by atoms with Gasteiger partial charge in [-0.05, 0) is 54.0 Å². The topological polar surface area (TPSA) is 32.7 Å². The molecule has 0 saturated heterocycles. The zero-order valence-corrected chi connectivity index (χ0v) is 16.1. The minimum atomic E-state index is -0.465. The van der Waals surface area contributed by atoms with Crippen molar-refractivity contribution >= 4 is 0 Å². The third-order valence-electron chi connectivity index (χ3n) is 6.08. The molecule has 1 N–H and O–H groups in total. The number of nitrogens with zero attached hydrogens (tertiary/aromatic N) is 1. The number of rotatable bonds is 6. The number of aliphatic hydroxyl groups excluding tert-OH is 1. The maximum atomic E-state index is 10.4. The number of ether oxygens (including phenoxy) is 1. The molecule has 1 aliphatic heterocycles. The molecule has 1 saturated carbocycles. The first kappa shape index (κ1) is 18.5. The van der Waals surface area contributed by atoms with E-state index in [9.17, 15) is 5.11 Å². The molecule has 0 amide bonds. The van der Waals surface area contributed by atoms with Gasteiger partial charge in [-0.1, -0.05) is 55.7 Å². The van der Waals surface area contributed by atoms with Crippen LogP contribution in [0.4, 0.5) is 0 Å². The summed E-state index contributed by atoms with van der Waals surface area (Å²) in [6.45, 7) is 2.93. The monoisotopic (exact) mass is 365 g/mol. The van der Waals surface area contributed by atoms with Crippen LogP contribution in [0.5, 0.6) is 5.75 Å². The average molecular weight is 366 g/mol. The predicted octanol–water partition coefficient (Wildman–Crippen LogP) is 4.53. The van der Waals surface area contributed by atoms with E-state index in [0.717, 1.165) is 31.2 Å². The molecule has 1 fully saturated rings. The number of fused-ring (bicyclic) bond motifs is 1. The van der Waals surface area contributed by atoms with Crippen LogP contribution in [0.15, 0.2) is 48.5 Å². The van der Waals surface area contributed by atoms with Crippen molar-refractivity contribution in [3.8, 4) is 5.75 Å². The minimum absolute atomic E-state index is 0.348. The number of hydrogen-bond acceptors (Lipinski definition) is 3. The van der Waals surface area contributed by atoms with E-state index < -0.39 is 6.10 Å². The van der Waals surface area contributed by atoms with Gasteiger partial charge < -0.3 is 9.84 Å². The molecule has 3 heteroatoms. The summed E-state index contributed by atoms with van der Waals surface area (Å²) in [5, 5.41) is 10.4. The van der Waals surface area contributed by atoms with E-state index in [4.69, 9.17) is 4.74 Å². The summed E-state index contributed by atoms with van der Waals surface area (Å²) in [4.78, 5) is 2.32. The summed E-state index contributed by atoms with van der Waals surface area (Å²) in [7, 11) is 0. The lowest BCUT2D eigenvalue weighted by atomic mass is 9.84. The Hall–Kier alpha value is -1.84. The quantitative estimate of drug-likeness (QED) is 0.816. The summed E-state index contributed by atoms with van der Waals surface area (Å²) in [6, 6.07) is 17.1. The summed E-state index contributed by atoms with van der Waals surface area (Å²) in [5.74, 6) is 1.58. The van der Waals surface area contributed by atoms with Gasteiger partial charge in [-0.15, -0.1) is 0 Å². The summed E-state index contributed by atoms with van der Waals surface area (Å²) < 4.78 is 5.84. The molecule has 3 nitrogen and oxygen atoms in total. The van der Waals surface area contributed by atoms with Gasteiger partial charge in [0, 0.05) is 19.6 Å². The second kappa shape index (κ2) is 8.90. The lowest BCUT2D eigenvalue weighted by Crippen LogP contribution is -2.38. The normalized spacial score (nSPS) is 19.4. The number of aliphatic hydroxyl groups is 1. The zero-order chi connectivity index (χ0) is 18.5. The van der Waals surface area contributed by atoms with Crippen molar-refractivity contribution in [3.05, 3.63) is 65.2 Å². The molecule has 0 spiro atoms. The summed E-state index contributed by atoms with van der Waals surface area (Å²) in [6.07, 6.45) is 7.33.